The maximum atomic E-state index is 12.4. The minimum Gasteiger partial charge on any atom is -0.444 e. The highest BCUT2D eigenvalue weighted by molar-refractivity contribution is 5.87. The van der Waals surface area contributed by atoms with E-state index in [1.165, 1.54) is 18.2 Å². The van der Waals surface area contributed by atoms with Gasteiger partial charge in [-0.2, -0.15) is 14.0 Å². The van der Waals surface area contributed by atoms with Crippen LogP contribution in [0.2, 0.25) is 0 Å². The van der Waals surface area contributed by atoms with Crippen molar-refractivity contribution in [2.24, 2.45) is 0 Å². The molecule has 2 aromatic rings. The minimum absolute atomic E-state index is 0.0235. The van der Waals surface area contributed by atoms with E-state index >= 15 is 0 Å². The predicted octanol–water partition coefficient (Wildman–Crippen LogP) is 3.91. The van der Waals surface area contributed by atoms with E-state index in [0.29, 0.717) is 0 Å². The molecule has 2 aromatic carbocycles. The number of nitrogens with one attached hydrogen (secondary N) is 1. The first-order valence-electron chi connectivity index (χ1n) is 6.55. The Balaban J connectivity index is 2.05. The Kier molecular flexibility index (Phi) is 5.47. The summed E-state index contributed by atoms with van der Waals surface area (Å²) >= 11 is 0. The van der Waals surface area contributed by atoms with Crippen LogP contribution in [-0.4, -0.2) is 12.7 Å². The van der Waals surface area contributed by atoms with Gasteiger partial charge in [0.15, 0.2) is 0 Å². The largest absolute Gasteiger partial charge is 0.444 e. The van der Waals surface area contributed by atoms with Crippen LogP contribution in [0.3, 0.4) is 0 Å². The molecule has 0 saturated carbocycles. The molecule has 118 valence electrons. The fraction of sp³-hybridized carbons (Fsp3) is 0.125. The highest BCUT2D eigenvalue weighted by Gasteiger charge is 2.13. The number of hydrogen-bond acceptors (Lipinski definition) is 4. The number of rotatable bonds is 5. The lowest BCUT2D eigenvalue weighted by atomic mass is 10.2. The molecule has 23 heavy (non-hydrogen) atoms. The highest BCUT2D eigenvalue weighted by atomic mass is 19.3. The molecular formula is C16H12F2N2O3. The maximum absolute atomic E-state index is 12.4. The van der Waals surface area contributed by atoms with E-state index in [0.717, 1.165) is 5.56 Å². The second-order valence-electron chi connectivity index (χ2n) is 4.39. The zero-order valence-corrected chi connectivity index (χ0v) is 11.8. The summed E-state index contributed by atoms with van der Waals surface area (Å²) < 4.78 is 34.0. The number of nitriles is 1. The van der Waals surface area contributed by atoms with Gasteiger partial charge in [-0.25, -0.2) is 4.79 Å². The molecule has 1 N–H and O–H groups in total. The van der Waals surface area contributed by atoms with Crippen molar-refractivity contribution >= 4 is 11.8 Å². The lowest BCUT2D eigenvalue weighted by Crippen LogP contribution is -2.15. The fourth-order valence-electron chi connectivity index (χ4n) is 1.77. The SMILES string of the molecule is N#Cc1ccc(OC(F)F)c(NC(=O)OCc2ccccc2)c1. The van der Waals surface area contributed by atoms with E-state index in [4.69, 9.17) is 10.00 Å². The van der Waals surface area contributed by atoms with E-state index in [9.17, 15) is 13.6 Å². The van der Waals surface area contributed by atoms with Crippen molar-refractivity contribution in [1.82, 2.24) is 0 Å². The van der Waals surface area contributed by atoms with Gasteiger partial charge in [0.1, 0.15) is 12.4 Å². The molecule has 2 rings (SSSR count). The van der Waals surface area contributed by atoms with Crippen LogP contribution in [0.4, 0.5) is 19.3 Å². The third-order valence-corrected chi connectivity index (χ3v) is 2.77. The van der Waals surface area contributed by atoms with Gasteiger partial charge in [-0.1, -0.05) is 30.3 Å². The van der Waals surface area contributed by atoms with E-state index in [1.54, 1.807) is 24.3 Å². The quantitative estimate of drug-likeness (QED) is 0.907. The Morgan fingerprint density at radius 3 is 2.61 bits per heavy atom. The van der Waals surface area contributed by atoms with Gasteiger partial charge in [0, 0.05) is 0 Å². The summed E-state index contributed by atoms with van der Waals surface area (Å²) in [5.74, 6) is -0.254. The molecule has 0 fully saturated rings. The number of amides is 1. The third kappa shape index (κ3) is 4.97. The Labute approximate surface area is 131 Å². The molecule has 0 aliphatic heterocycles. The number of carbonyl (C=O) groups excluding carboxylic acids is 1. The molecule has 0 aliphatic rings. The van der Waals surface area contributed by atoms with Crippen LogP contribution in [0.5, 0.6) is 5.75 Å². The summed E-state index contributed by atoms with van der Waals surface area (Å²) in [5.41, 5.74) is 0.893. The first-order valence-corrected chi connectivity index (χ1v) is 6.55. The van der Waals surface area contributed by atoms with Crippen LogP contribution in [-0.2, 0) is 11.3 Å². The van der Waals surface area contributed by atoms with Crippen LogP contribution in [0.25, 0.3) is 0 Å². The fourth-order valence-corrected chi connectivity index (χ4v) is 1.77. The van der Waals surface area contributed by atoms with Crippen LogP contribution in [0.1, 0.15) is 11.1 Å². The molecule has 0 spiro atoms. The summed E-state index contributed by atoms with van der Waals surface area (Å²) in [6, 6.07) is 14.5. The van der Waals surface area contributed by atoms with Gasteiger partial charge in [-0.3, -0.25) is 5.32 Å². The van der Waals surface area contributed by atoms with Crippen molar-refractivity contribution in [3.05, 3.63) is 59.7 Å². The van der Waals surface area contributed by atoms with Gasteiger partial charge in [0.05, 0.1) is 17.3 Å². The molecule has 0 aromatic heterocycles. The second-order valence-corrected chi connectivity index (χ2v) is 4.39. The van der Waals surface area contributed by atoms with E-state index in [2.05, 4.69) is 10.1 Å². The normalized spacial score (nSPS) is 10.0. The molecule has 7 heteroatoms. The number of carbonyl (C=O) groups is 1. The zero-order chi connectivity index (χ0) is 16.7. The van der Waals surface area contributed by atoms with Gasteiger partial charge in [-0.15, -0.1) is 0 Å². The van der Waals surface area contributed by atoms with Crippen molar-refractivity contribution in [2.45, 2.75) is 13.2 Å². The number of benzene rings is 2. The van der Waals surface area contributed by atoms with Gasteiger partial charge in [0.2, 0.25) is 0 Å². The smallest absolute Gasteiger partial charge is 0.412 e. The van der Waals surface area contributed by atoms with Crippen molar-refractivity contribution in [2.75, 3.05) is 5.32 Å². The standard InChI is InChI=1S/C16H12F2N2O3/c17-15(18)23-14-7-6-12(9-19)8-13(14)20-16(21)22-10-11-4-2-1-3-5-11/h1-8,15H,10H2,(H,20,21). The summed E-state index contributed by atoms with van der Waals surface area (Å²) in [6.07, 6.45) is -0.844. The van der Waals surface area contributed by atoms with Crippen molar-refractivity contribution in [3.63, 3.8) is 0 Å². The molecule has 0 aliphatic carbocycles. The number of hydrogen-bond donors (Lipinski definition) is 1. The van der Waals surface area contributed by atoms with Gasteiger partial charge in [0.25, 0.3) is 0 Å². The molecule has 5 nitrogen and oxygen atoms in total. The van der Waals surface area contributed by atoms with Crippen molar-refractivity contribution in [1.29, 1.82) is 5.26 Å². The lowest BCUT2D eigenvalue weighted by Gasteiger charge is -2.12. The maximum Gasteiger partial charge on any atom is 0.412 e. The molecule has 0 unspecified atom stereocenters. The summed E-state index contributed by atoms with van der Waals surface area (Å²) in [5, 5.41) is 11.1. The van der Waals surface area contributed by atoms with Crippen LogP contribution in [0.15, 0.2) is 48.5 Å². The van der Waals surface area contributed by atoms with E-state index < -0.39 is 12.7 Å². The van der Waals surface area contributed by atoms with Crippen LogP contribution in [0, 0.1) is 11.3 Å². The molecule has 0 radical (unpaired) electrons. The van der Waals surface area contributed by atoms with E-state index in [-0.39, 0.29) is 23.6 Å². The molecular weight excluding hydrogens is 306 g/mol. The lowest BCUT2D eigenvalue weighted by molar-refractivity contribution is -0.0493. The molecule has 0 saturated heterocycles. The topological polar surface area (TPSA) is 71.3 Å². The highest BCUT2D eigenvalue weighted by Crippen LogP contribution is 2.27. The Hall–Kier alpha value is -3.14. The van der Waals surface area contributed by atoms with Gasteiger partial charge < -0.3 is 9.47 Å². The zero-order valence-electron chi connectivity index (χ0n) is 11.8. The average molecular weight is 318 g/mol. The van der Waals surface area contributed by atoms with Crippen LogP contribution < -0.4 is 10.1 Å². The predicted molar refractivity (Wildman–Crippen MR) is 78.0 cm³/mol. The summed E-state index contributed by atoms with van der Waals surface area (Å²) in [6.45, 7) is -3.03. The van der Waals surface area contributed by atoms with Crippen molar-refractivity contribution < 1.29 is 23.0 Å². The number of anilines is 1. The number of alkyl halides is 2. The Morgan fingerprint density at radius 1 is 1.22 bits per heavy atom. The Morgan fingerprint density at radius 2 is 1.96 bits per heavy atom. The minimum atomic E-state index is -3.05. The van der Waals surface area contributed by atoms with Crippen molar-refractivity contribution in [3.8, 4) is 11.8 Å². The van der Waals surface area contributed by atoms with Gasteiger partial charge in [-0.05, 0) is 23.8 Å². The molecule has 0 atom stereocenters. The number of ether oxygens (including phenoxy) is 2. The Bertz CT molecular complexity index is 715. The summed E-state index contributed by atoms with van der Waals surface area (Å²) in [7, 11) is 0. The first-order chi connectivity index (χ1) is 11.1. The van der Waals surface area contributed by atoms with Gasteiger partial charge >= 0.3 is 12.7 Å². The second kappa shape index (κ2) is 7.75. The van der Waals surface area contributed by atoms with Crippen LogP contribution >= 0.6 is 0 Å². The number of nitrogens with zero attached hydrogens (tertiary/aromatic N) is 1. The molecule has 1 amide bonds. The van der Waals surface area contributed by atoms with E-state index in [1.807, 2.05) is 12.1 Å². The monoisotopic (exact) mass is 318 g/mol. The molecule has 0 bridgehead atoms. The molecule has 0 heterocycles. The average Bonchev–Trinajstić information content (AvgIpc) is 2.55. The summed E-state index contributed by atoms with van der Waals surface area (Å²) in [4.78, 5) is 11.8. The third-order valence-electron chi connectivity index (χ3n) is 2.77. The number of halogens is 2. The first kappa shape index (κ1) is 16.2.